The number of amides is 1. The van der Waals surface area contributed by atoms with Crippen LogP contribution in [0.5, 0.6) is 0 Å². The summed E-state index contributed by atoms with van der Waals surface area (Å²) in [6, 6.07) is -2.96. The molecule has 266 valence electrons. The molecule has 14 atom stereocenters. The molecule has 0 bridgehead atoms. The average molecular weight is 663 g/mol. The van der Waals surface area contributed by atoms with Crippen LogP contribution in [0.1, 0.15) is 39.0 Å². The monoisotopic (exact) mass is 662 g/mol. The lowest BCUT2D eigenvalue weighted by Gasteiger charge is -2.52. The van der Waals surface area contributed by atoms with Gasteiger partial charge in [-0.15, -0.1) is 0 Å². The van der Waals surface area contributed by atoms with Gasteiger partial charge in [0.25, 0.3) is 5.91 Å². The van der Waals surface area contributed by atoms with Gasteiger partial charge >= 0.3 is 0 Å². The van der Waals surface area contributed by atoms with Gasteiger partial charge < -0.3 is 83.1 Å². The highest BCUT2D eigenvalue weighted by Gasteiger charge is 2.57. The lowest BCUT2D eigenvalue weighted by Crippen LogP contribution is -2.72. The fraction of sp³-hybridized carbons (Fsp3) is 0.966. The van der Waals surface area contributed by atoms with Gasteiger partial charge in [0.05, 0.1) is 37.0 Å². The molecule has 3 aliphatic carbocycles. The topological polar surface area (TPSA) is 301 Å². The normalized spacial score (nSPS) is 52.8. The number of carbonyl (C=O) groups excluding carboxylic acids is 1. The number of nitrogens with one attached hydrogen (secondary N) is 3. The van der Waals surface area contributed by atoms with Gasteiger partial charge in [-0.2, -0.15) is 0 Å². The van der Waals surface area contributed by atoms with Crippen LogP contribution in [0.4, 0.5) is 0 Å². The van der Waals surface area contributed by atoms with E-state index < -0.39 is 96.3 Å². The molecule has 3 saturated carbocycles. The van der Waals surface area contributed by atoms with Gasteiger partial charge in [0, 0.05) is 43.4 Å². The highest BCUT2D eigenvalue weighted by atomic mass is 16.7. The van der Waals surface area contributed by atoms with Crippen molar-refractivity contribution in [1.29, 1.82) is 0 Å². The molecule has 17 heteroatoms. The minimum Gasteiger partial charge on any atom is -0.390 e. The molecule has 2 saturated heterocycles. The molecular weight excluding hydrogens is 608 g/mol. The molecule has 17 nitrogen and oxygen atoms in total. The number of carbonyl (C=O) groups is 1. The van der Waals surface area contributed by atoms with E-state index >= 15 is 0 Å². The molecule has 1 amide bonds. The SMILES string of the molecule is CNC1C(O)C(OC2C(NC(=O)C3(O)CC(N)C3)CC(N)C(C3OC(CNCC4CC(N)C4)C(O)C(O)C3O)C2O)OCC1(C)O. The molecule has 5 aliphatic rings. The molecule has 16 N–H and O–H groups in total. The molecule has 5 rings (SSSR count). The standard InChI is InChI=1S/C29H54N6O11/c1-28(42)10-44-26(22(40)25(28)33-2)46-23-15(35-27(41)29(43)6-13(31)7-29)5-14(32)17(19(23)37)24-21(39)20(38)18(36)16(45-24)9-34-8-11-3-12(30)4-11/h11-26,33-34,36-40,42-43H,3-10,30-32H2,1-2H3,(H,35,41). The van der Waals surface area contributed by atoms with Crippen LogP contribution in [0.2, 0.25) is 0 Å². The molecule has 5 fully saturated rings. The minimum absolute atomic E-state index is 0.0215. The Hall–Kier alpha value is -1.13. The third-order valence-electron chi connectivity index (χ3n) is 10.7. The maximum absolute atomic E-state index is 13.2. The van der Waals surface area contributed by atoms with Crippen LogP contribution in [0, 0.1) is 11.8 Å². The molecule has 2 aliphatic heterocycles. The molecule has 0 radical (unpaired) electrons. The highest BCUT2D eigenvalue weighted by Crippen LogP contribution is 2.38. The van der Waals surface area contributed by atoms with Crippen LogP contribution >= 0.6 is 0 Å². The van der Waals surface area contributed by atoms with Crippen molar-refractivity contribution >= 4 is 5.91 Å². The Balaban J connectivity index is 1.35. The van der Waals surface area contributed by atoms with Gasteiger partial charge in [-0.25, -0.2) is 0 Å². The second-order valence-electron chi connectivity index (χ2n) is 14.5. The van der Waals surface area contributed by atoms with E-state index in [-0.39, 0.29) is 44.5 Å². The number of aliphatic hydroxyl groups excluding tert-OH is 5. The van der Waals surface area contributed by atoms with Crippen molar-refractivity contribution in [1.82, 2.24) is 16.0 Å². The molecule has 0 aromatic carbocycles. The average Bonchev–Trinajstić information content (AvgIpc) is 2.95. The zero-order valence-electron chi connectivity index (χ0n) is 26.4. The summed E-state index contributed by atoms with van der Waals surface area (Å²) in [6.45, 7) is 2.04. The lowest BCUT2D eigenvalue weighted by molar-refractivity contribution is -0.303. The van der Waals surface area contributed by atoms with Crippen molar-refractivity contribution in [3.8, 4) is 0 Å². The van der Waals surface area contributed by atoms with E-state index in [1.165, 1.54) is 6.92 Å². The van der Waals surface area contributed by atoms with E-state index in [0.717, 1.165) is 12.8 Å². The summed E-state index contributed by atoms with van der Waals surface area (Å²) < 4.78 is 18.0. The van der Waals surface area contributed by atoms with E-state index in [9.17, 15) is 40.5 Å². The van der Waals surface area contributed by atoms with Crippen LogP contribution < -0.4 is 33.2 Å². The predicted molar refractivity (Wildman–Crippen MR) is 161 cm³/mol. The molecule has 0 aromatic heterocycles. The van der Waals surface area contributed by atoms with Gasteiger partial charge in [-0.3, -0.25) is 4.79 Å². The van der Waals surface area contributed by atoms with Crippen LogP contribution in [0.3, 0.4) is 0 Å². The summed E-state index contributed by atoms with van der Waals surface area (Å²) >= 11 is 0. The van der Waals surface area contributed by atoms with E-state index in [1.807, 2.05) is 0 Å². The number of hydrogen-bond acceptors (Lipinski definition) is 16. The van der Waals surface area contributed by atoms with Crippen molar-refractivity contribution in [3.63, 3.8) is 0 Å². The number of ether oxygens (including phenoxy) is 3. The second kappa shape index (κ2) is 14.0. The summed E-state index contributed by atoms with van der Waals surface area (Å²) in [6.07, 6.45) is -10.7. The van der Waals surface area contributed by atoms with Crippen molar-refractivity contribution in [2.75, 3.05) is 26.7 Å². The predicted octanol–water partition coefficient (Wildman–Crippen LogP) is -6.35. The molecular formula is C29H54N6O11. The number of nitrogens with two attached hydrogens (primary N) is 3. The lowest BCUT2D eigenvalue weighted by atomic mass is 9.71. The first-order valence-corrected chi connectivity index (χ1v) is 16.3. The van der Waals surface area contributed by atoms with Gasteiger partial charge in [0.2, 0.25) is 0 Å². The van der Waals surface area contributed by atoms with Gasteiger partial charge in [0.15, 0.2) is 6.29 Å². The third kappa shape index (κ3) is 7.10. The third-order valence-corrected chi connectivity index (χ3v) is 10.7. The zero-order valence-corrected chi connectivity index (χ0v) is 26.4. The summed E-state index contributed by atoms with van der Waals surface area (Å²) in [7, 11) is 1.55. The van der Waals surface area contributed by atoms with Crippen molar-refractivity contribution in [2.45, 2.75) is 136 Å². The van der Waals surface area contributed by atoms with Gasteiger partial charge in [-0.1, -0.05) is 0 Å². The summed E-state index contributed by atoms with van der Waals surface area (Å²) in [5.41, 5.74) is 15.1. The maximum atomic E-state index is 13.2. The van der Waals surface area contributed by atoms with Crippen molar-refractivity contribution in [3.05, 3.63) is 0 Å². The summed E-state index contributed by atoms with van der Waals surface area (Å²) in [5.74, 6) is -1.41. The van der Waals surface area contributed by atoms with Gasteiger partial charge in [0.1, 0.15) is 41.7 Å². The minimum atomic E-state index is -1.71. The molecule has 0 aromatic rings. The Bertz CT molecular complexity index is 1050. The maximum Gasteiger partial charge on any atom is 0.252 e. The number of likely N-dealkylation sites (N-methyl/N-ethyl adjacent to an activating group) is 1. The summed E-state index contributed by atoms with van der Waals surface area (Å²) in [4.78, 5) is 13.2. The van der Waals surface area contributed by atoms with E-state index in [4.69, 9.17) is 31.4 Å². The van der Waals surface area contributed by atoms with Crippen LogP contribution in [0.15, 0.2) is 0 Å². The highest BCUT2D eigenvalue weighted by molar-refractivity contribution is 5.86. The van der Waals surface area contributed by atoms with E-state index in [0.29, 0.717) is 12.5 Å². The van der Waals surface area contributed by atoms with Crippen molar-refractivity contribution < 1.29 is 54.8 Å². The Kier molecular flexibility index (Phi) is 11.0. The molecule has 46 heavy (non-hydrogen) atoms. The quantitative estimate of drug-likeness (QED) is 0.103. The molecule has 14 unspecified atom stereocenters. The number of hydrogen-bond donors (Lipinski definition) is 13. The smallest absolute Gasteiger partial charge is 0.252 e. The van der Waals surface area contributed by atoms with Gasteiger partial charge in [-0.05, 0) is 45.7 Å². The fourth-order valence-electron chi connectivity index (χ4n) is 7.92. The first-order valence-electron chi connectivity index (χ1n) is 16.3. The first kappa shape index (κ1) is 36.2. The largest absolute Gasteiger partial charge is 0.390 e. The Morgan fingerprint density at radius 3 is 2.20 bits per heavy atom. The van der Waals surface area contributed by atoms with Crippen LogP contribution in [-0.2, 0) is 19.0 Å². The van der Waals surface area contributed by atoms with Crippen molar-refractivity contribution in [2.24, 2.45) is 29.0 Å². The van der Waals surface area contributed by atoms with E-state index in [1.54, 1.807) is 7.05 Å². The first-order chi connectivity index (χ1) is 21.6. The summed E-state index contributed by atoms with van der Waals surface area (Å²) in [5, 5.41) is 85.8. The van der Waals surface area contributed by atoms with Crippen LogP contribution in [0.25, 0.3) is 0 Å². The Morgan fingerprint density at radius 1 is 0.913 bits per heavy atom. The molecule has 0 spiro atoms. The number of aliphatic hydroxyl groups is 7. The second-order valence-corrected chi connectivity index (χ2v) is 14.5. The van der Waals surface area contributed by atoms with Crippen LogP contribution in [-0.4, -0.2) is 165 Å². The number of rotatable bonds is 10. The fourth-order valence-corrected chi connectivity index (χ4v) is 7.92. The Morgan fingerprint density at radius 2 is 1.59 bits per heavy atom. The van der Waals surface area contributed by atoms with E-state index in [2.05, 4.69) is 16.0 Å². The zero-order chi connectivity index (χ0) is 33.7. The Labute approximate surface area is 268 Å². The molecule has 2 heterocycles.